The zero-order valence-electron chi connectivity index (χ0n) is 54.0. The van der Waals surface area contributed by atoms with Crippen LogP contribution in [-0.4, -0.2) is 96.7 Å². The highest BCUT2D eigenvalue weighted by Gasteiger charge is 2.30. The average Bonchev–Trinajstić information content (AvgIpc) is 3.51. The molecule has 3 N–H and O–H groups in total. The van der Waals surface area contributed by atoms with Gasteiger partial charge < -0.3 is 33.8 Å². The lowest BCUT2D eigenvalue weighted by Crippen LogP contribution is -2.30. The first-order valence-corrected chi connectivity index (χ1v) is 37.2. The zero-order chi connectivity index (χ0) is 62.0. The molecule has 3 unspecified atom stereocenters. The summed E-state index contributed by atoms with van der Waals surface area (Å²) < 4.78 is 68.0. The van der Waals surface area contributed by atoms with Crippen molar-refractivity contribution in [1.29, 1.82) is 0 Å². The topological polar surface area (TPSA) is 237 Å². The summed E-state index contributed by atoms with van der Waals surface area (Å²) in [5.41, 5.74) is 0. The lowest BCUT2D eigenvalue weighted by atomic mass is 9.99. The van der Waals surface area contributed by atoms with Gasteiger partial charge in [-0.1, -0.05) is 279 Å². The number of phosphoric acid groups is 2. The first kappa shape index (κ1) is 82.1. The van der Waals surface area contributed by atoms with Crippen LogP contribution in [-0.2, 0) is 65.4 Å². The van der Waals surface area contributed by atoms with Gasteiger partial charge in [0, 0.05) is 25.7 Å². The lowest BCUT2D eigenvalue weighted by Gasteiger charge is -2.21. The van der Waals surface area contributed by atoms with Gasteiger partial charge in [0.25, 0.3) is 0 Å². The summed E-state index contributed by atoms with van der Waals surface area (Å²) in [4.78, 5) is 72.2. The van der Waals surface area contributed by atoms with Crippen LogP contribution in [0.2, 0.25) is 0 Å². The molecule has 0 aromatic rings. The number of carbonyl (C=O) groups excluding carboxylic acids is 4. The van der Waals surface area contributed by atoms with E-state index in [0.29, 0.717) is 25.7 Å². The maximum Gasteiger partial charge on any atom is 0.472 e. The molecule has 0 aromatic heterocycles. The molecule has 19 heteroatoms. The number of unbranched alkanes of at least 4 members (excludes halogenated alkanes) is 36. The van der Waals surface area contributed by atoms with Crippen molar-refractivity contribution >= 4 is 39.5 Å². The van der Waals surface area contributed by atoms with Gasteiger partial charge >= 0.3 is 39.5 Å². The predicted molar refractivity (Wildman–Crippen MR) is 335 cm³/mol. The van der Waals surface area contributed by atoms with Gasteiger partial charge in [-0.25, -0.2) is 9.13 Å². The number of hydrogen-bond acceptors (Lipinski definition) is 15. The molecule has 0 heterocycles. The second-order valence-electron chi connectivity index (χ2n) is 23.7. The van der Waals surface area contributed by atoms with Crippen molar-refractivity contribution in [2.24, 2.45) is 5.92 Å². The Morgan fingerprint density at radius 2 is 0.571 bits per heavy atom. The number of hydrogen-bond donors (Lipinski definition) is 3. The molecule has 0 rings (SSSR count). The van der Waals surface area contributed by atoms with Crippen LogP contribution in [0.1, 0.15) is 330 Å². The Labute approximate surface area is 511 Å². The van der Waals surface area contributed by atoms with Crippen molar-refractivity contribution in [3.63, 3.8) is 0 Å². The first-order valence-electron chi connectivity index (χ1n) is 34.2. The van der Waals surface area contributed by atoms with Gasteiger partial charge in [0.2, 0.25) is 0 Å². The maximum atomic E-state index is 13.0. The summed E-state index contributed by atoms with van der Waals surface area (Å²) >= 11 is 0. The van der Waals surface area contributed by atoms with Gasteiger partial charge in [0.15, 0.2) is 12.2 Å². The summed E-state index contributed by atoms with van der Waals surface area (Å²) in [5, 5.41) is 10.5. The van der Waals surface area contributed by atoms with E-state index in [0.717, 1.165) is 102 Å². The minimum absolute atomic E-state index is 0.107. The number of carbonyl (C=O) groups is 4. The van der Waals surface area contributed by atoms with Gasteiger partial charge in [0.05, 0.1) is 26.4 Å². The fourth-order valence-electron chi connectivity index (χ4n) is 9.73. The number of aliphatic hydroxyl groups excluding tert-OH is 1. The molecule has 498 valence electrons. The second kappa shape index (κ2) is 58.7. The van der Waals surface area contributed by atoms with E-state index in [1.807, 2.05) is 0 Å². The number of rotatable bonds is 65. The Hall–Kier alpha value is -1.94. The molecule has 0 spiro atoms. The van der Waals surface area contributed by atoms with Crippen molar-refractivity contribution in [3.05, 3.63) is 0 Å². The van der Waals surface area contributed by atoms with E-state index in [-0.39, 0.29) is 25.7 Å². The number of phosphoric ester groups is 2. The first-order chi connectivity index (χ1) is 40.6. The highest BCUT2D eigenvalue weighted by atomic mass is 31.2. The molecule has 0 radical (unpaired) electrons. The molecule has 0 amide bonds. The van der Waals surface area contributed by atoms with Gasteiger partial charge in [0.1, 0.15) is 19.3 Å². The smallest absolute Gasteiger partial charge is 0.462 e. The molecule has 0 saturated heterocycles. The second-order valence-corrected chi connectivity index (χ2v) is 26.7. The quantitative estimate of drug-likeness (QED) is 0.0222. The van der Waals surface area contributed by atoms with Crippen molar-refractivity contribution in [1.82, 2.24) is 0 Å². The van der Waals surface area contributed by atoms with Crippen LogP contribution < -0.4 is 0 Å². The third-order valence-corrected chi connectivity index (χ3v) is 17.3. The predicted octanol–water partition coefficient (Wildman–Crippen LogP) is 18.2. The maximum absolute atomic E-state index is 13.0. The van der Waals surface area contributed by atoms with Crippen LogP contribution >= 0.6 is 15.6 Å². The number of aliphatic hydroxyl groups is 1. The van der Waals surface area contributed by atoms with Crippen LogP contribution in [0.25, 0.3) is 0 Å². The number of esters is 4. The van der Waals surface area contributed by atoms with Gasteiger partial charge in [-0.3, -0.25) is 37.3 Å². The Bertz CT molecular complexity index is 1640. The van der Waals surface area contributed by atoms with Crippen molar-refractivity contribution in [3.8, 4) is 0 Å². The SMILES string of the molecule is CCCCCCCCCCCCCC(=O)OC[C@H](COP(=O)(O)OC[C@@H](O)COP(=O)(O)OC[C@@H](COC(=O)CCCCCCCCCC)OC(=O)CCCCCCCCCCCCC)OC(=O)CCCCCCCCCCCCC(C)CC. The van der Waals surface area contributed by atoms with E-state index in [9.17, 15) is 43.2 Å². The summed E-state index contributed by atoms with van der Waals surface area (Å²) in [6.45, 7) is 7.20. The fraction of sp³-hybridized carbons (Fsp3) is 0.938. The van der Waals surface area contributed by atoms with E-state index in [2.05, 4.69) is 34.6 Å². The molecule has 0 aliphatic carbocycles. The van der Waals surface area contributed by atoms with E-state index in [4.69, 9.17) is 37.0 Å². The molecule has 0 aromatic carbocycles. The molecule has 0 aliphatic heterocycles. The molecule has 0 aliphatic rings. The van der Waals surface area contributed by atoms with Crippen LogP contribution in [0.5, 0.6) is 0 Å². The molecular weight excluding hydrogens is 1110 g/mol. The molecule has 84 heavy (non-hydrogen) atoms. The third kappa shape index (κ3) is 57.8. The van der Waals surface area contributed by atoms with Crippen LogP contribution in [0.4, 0.5) is 0 Å². The van der Waals surface area contributed by atoms with E-state index in [1.165, 1.54) is 148 Å². The Balaban J connectivity index is 5.23. The number of ether oxygens (including phenoxy) is 4. The Morgan fingerprint density at radius 3 is 0.845 bits per heavy atom. The molecule has 6 atom stereocenters. The fourth-order valence-corrected chi connectivity index (χ4v) is 11.3. The minimum atomic E-state index is -4.94. The molecule has 17 nitrogen and oxygen atoms in total. The zero-order valence-corrected chi connectivity index (χ0v) is 55.8. The molecule has 0 saturated carbocycles. The highest BCUT2D eigenvalue weighted by molar-refractivity contribution is 7.47. The monoisotopic (exact) mass is 1240 g/mol. The van der Waals surface area contributed by atoms with Crippen LogP contribution in [0, 0.1) is 5.92 Å². The summed E-state index contributed by atoms with van der Waals surface area (Å²) in [7, 11) is -9.88. The van der Waals surface area contributed by atoms with E-state index in [1.54, 1.807) is 0 Å². The van der Waals surface area contributed by atoms with Crippen molar-refractivity contribution in [2.45, 2.75) is 348 Å². The van der Waals surface area contributed by atoms with E-state index < -0.39 is 97.5 Å². The van der Waals surface area contributed by atoms with Crippen molar-refractivity contribution < 1.29 is 80.2 Å². The molecular formula is C65H126O17P2. The van der Waals surface area contributed by atoms with Crippen LogP contribution in [0.3, 0.4) is 0 Å². The molecule has 0 bridgehead atoms. The highest BCUT2D eigenvalue weighted by Crippen LogP contribution is 2.45. The van der Waals surface area contributed by atoms with Crippen LogP contribution in [0.15, 0.2) is 0 Å². The third-order valence-electron chi connectivity index (χ3n) is 15.4. The largest absolute Gasteiger partial charge is 0.472 e. The summed E-state index contributed by atoms with van der Waals surface area (Å²) in [6.07, 6.45) is 42.9. The Kier molecular flexibility index (Phi) is 57.4. The van der Waals surface area contributed by atoms with E-state index >= 15 is 0 Å². The minimum Gasteiger partial charge on any atom is -0.462 e. The summed E-state index contributed by atoms with van der Waals surface area (Å²) in [5.74, 6) is -1.33. The van der Waals surface area contributed by atoms with Crippen molar-refractivity contribution in [2.75, 3.05) is 39.6 Å². The summed E-state index contributed by atoms with van der Waals surface area (Å²) in [6, 6.07) is 0. The van der Waals surface area contributed by atoms with Gasteiger partial charge in [-0.05, 0) is 31.6 Å². The van der Waals surface area contributed by atoms with Gasteiger partial charge in [-0.15, -0.1) is 0 Å². The standard InChI is InChI=1S/C65H126O17P2/c1-6-10-13-16-19-22-24-29-34-39-44-49-63(68)76-55-61(82-65(70)51-46-41-36-31-27-26-28-32-37-42-47-58(5)9-4)57-80-84(73,74)78-53-59(66)52-77-83(71,72)79-56-60(54-75-62(67)48-43-38-33-21-18-15-12-8-3)81-64(69)50-45-40-35-30-25-23-20-17-14-11-7-2/h58-61,66H,6-57H2,1-5H3,(H,71,72)(H,73,74)/t58?,59-,60+,61+/m0/s1. The lowest BCUT2D eigenvalue weighted by molar-refractivity contribution is -0.161. The Morgan fingerprint density at radius 1 is 0.333 bits per heavy atom. The normalized spacial score (nSPS) is 14.5. The van der Waals surface area contributed by atoms with Gasteiger partial charge in [-0.2, -0.15) is 0 Å². The average molecular weight is 1240 g/mol. The molecule has 0 fully saturated rings.